The zero-order chi connectivity index (χ0) is 12.5. The van der Waals surface area contributed by atoms with E-state index < -0.39 is 0 Å². The van der Waals surface area contributed by atoms with Crippen LogP contribution in [0.3, 0.4) is 0 Å². The second kappa shape index (κ2) is 8.44. The number of likely N-dealkylation sites (N-methyl/N-ethyl adjacent to an activating group) is 1. The Bertz CT molecular complexity index is 216. The van der Waals surface area contributed by atoms with Gasteiger partial charge >= 0.3 is 5.97 Å². The Morgan fingerprint density at radius 3 is 2.59 bits per heavy atom. The average Bonchev–Trinajstić information content (AvgIpc) is 2.31. The Kier molecular flexibility index (Phi) is 7.16. The SMILES string of the molecule is CCOC(=O)CCNCCN1CCN(C)CC1. The van der Waals surface area contributed by atoms with Gasteiger partial charge in [0.25, 0.3) is 0 Å². The minimum absolute atomic E-state index is 0.111. The molecule has 1 heterocycles. The first-order valence-corrected chi connectivity index (χ1v) is 6.49. The van der Waals surface area contributed by atoms with Crippen LogP contribution in [0.1, 0.15) is 13.3 Å². The van der Waals surface area contributed by atoms with Crippen LogP contribution in [-0.4, -0.2) is 75.2 Å². The highest BCUT2D eigenvalue weighted by Crippen LogP contribution is 1.97. The zero-order valence-electron chi connectivity index (χ0n) is 11.1. The first-order valence-electron chi connectivity index (χ1n) is 6.49. The van der Waals surface area contributed by atoms with Crippen LogP contribution in [0.25, 0.3) is 0 Å². The first kappa shape index (κ1) is 14.4. The van der Waals surface area contributed by atoms with E-state index in [0.29, 0.717) is 19.6 Å². The number of rotatable bonds is 7. The Balaban J connectivity index is 1.92. The van der Waals surface area contributed by atoms with Gasteiger partial charge in [-0.3, -0.25) is 9.69 Å². The topological polar surface area (TPSA) is 44.8 Å². The van der Waals surface area contributed by atoms with Crippen molar-refractivity contribution in [2.75, 3.05) is 59.5 Å². The summed E-state index contributed by atoms with van der Waals surface area (Å²) in [6.45, 7) is 9.64. The summed E-state index contributed by atoms with van der Waals surface area (Å²) in [5.74, 6) is -0.111. The third kappa shape index (κ3) is 6.61. The molecule has 0 unspecified atom stereocenters. The number of piperazine rings is 1. The van der Waals surface area contributed by atoms with Crippen LogP contribution < -0.4 is 5.32 Å². The van der Waals surface area contributed by atoms with Crippen LogP contribution in [0.15, 0.2) is 0 Å². The molecule has 0 amide bonds. The smallest absolute Gasteiger partial charge is 0.307 e. The molecule has 0 spiro atoms. The molecule has 1 aliphatic heterocycles. The molecule has 1 fully saturated rings. The lowest BCUT2D eigenvalue weighted by atomic mass is 10.3. The molecule has 0 aliphatic carbocycles. The maximum absolute atomic E-state index is 11.1. The van der Waals surface area contributed by atoms with Crippen LogP contribution in [0, 0.1) is 0 Å². The van der Waals surface area contributed by atoms with E-state index in [2.05, 4.69) is 22.2 Å². The third-order valence-electron chi connectivity index (χ3n) is 3.01. The van der Waals surface area contributed by atoms with Gasteiger partial charge in [0.1, 0.15) is 0 Å². The largest absolute Gasteiger partial charge is 0.466 e. The van der Waals surface area contributed by atoms with Gasteiger partial charge in [-0.25, -0.2) is 0 Å². The molecule has 0 bridgehead atoms. The summed E-state index contributed by atoms with van der Waals surface area (Å²) in [5.41, 5.74) is 0. The van der Waals surface area contributed by atoms with Gasteiger partial charge in [0.2, 0.25) is 0 Å². The van der Waals surface area contributed by atoms with Crippen LogP contribution in [0.4, 0.5) is 0 Å². The molecule has 1 saturated heterocycles. The Labute approximate surface area is 104 Å². The van der Waals surface area contributed by atoms with Crippen molar-refractivity contribution >= 4 is 5.97 Å². The first-order chi connectivity index (χ1) is 8.22. The minimum atomic E-state index is -0.111. The van der Waals surface area contributed by atoms with Crippen molar-refractivity contribution in [1.29, 1.82) is 0 Å². The van der Waals surface area contributed by atoms with Crippen LogP contribution >= 0.6 is 0 Å². The molecule has 0 radical (unpaired) electrons. The van der Waals surface area contributed by atoms with Gasteiger partial charge in [-0.05, 0) is 14.0 Å². The van der Waals surface area contributed by atoms with Gasteiger partial charge < -0.3 is 15.0 Å². The summed E-state index contributed by atoms with van der Waals surface area (Å²) in [5, 5.41) is 3.28. The number of carbonyl (C=O) groups is 1. The Morgan fingerprint density at radius 2 is 1.94 bits per heavy atom. The molecule has 17 heavy (non-hydrogen) atoms. The number of nitrogens with zero attached hydrogens (tertiary/aromatic N) is 2. The fourth-order valence-electron chi connectivity index (χ4n) is 1.86. The van der Waals surface area contributed by atoms with E-state index >= 15 is 0 Å². The maximum atomic E-state index is 11.1. The molecule has 5 heteroatoms. The van der Waals surface area contributed by atoms with Crippen molar-refractivity contribution in [2.24, 2.45) is 0 Å². The van der Waals surface area contributed by atoms with Crippen LogP contribution in [0.2, 0.25) is 0 Å². The average molecular weight is 243 g/mol. The quantitative estimate of drug-likeness (QED) is 0.494. The molecule has 0 aromatic heterocycles. The summed E-state index contributed by atoms with van der Waals surface area (Å²) in [7, 11) is 2.16. The summed E-state index contributed by atoms with van der Waals surface area (Å²) >= 11 is 0. The number of hydrogen-bond acceptors (Lipinski definition) is 5. The van der Waals surface area contributed by atoms with Gasteiger partial charge in [-0.15, -0.1) is 0 Å². The van der Waals surface area contributed by atoms with Crippen molar-refractivity contribution < 1.29 is 9.53 Å². The van der Waals surface area contributed by atoms with E-state index in [1.165, 1.54) is 0 Å². The number of carbonyl (C=O) groups excluding carboxylic acids is 1. The number of ether oxygens (including phenoxy) is 1. The van der Waals surface area contributed by atoms with Crippen molar-refractivity contribution in [1.82, 2.24) is 15.1 Å². The van der Waals surface area contributed by atoms with Gasteiger partial charge in [0.05, 0.1) is 13.0 Å². The predicted molar refractivity (Wildman–Crippen MR) is 68.1 cm³/mol. The van der Waals surface area contributed by atoms with Crippen molar-refractivity contribution in [3.05, 3.63) is 0 Å². The van der Waals surface area contributed by atoms with Crippen LogP contribution in [-0.2, 0) is 9.53 Å². The summed E-state index contributed by atoms with van der Waals surface area (Å²) in [4.78, 5) is 15.9. The number of hydrogen-bond donors (Lipinski definition) is 1. The van der Waals surface area contributed by atoms with Crippen molar-refractivity contribution in [3.8, 4) is 0 Å². The fourth-order valence-corrected chi connectivity index (χ4v) is 1.86. The van der Waals surface area contributed by atoms with Gasteiger partial charge in [0, 0.05) is 45.8 Å². The fraction of sp³-hybridized carbons (Fsp3) is 0.917. The summed E-state index contributed by atoms with van der Waals surface area (Å²) in [6, 6.07) is 0. The molecule has 0 saturated carbocycles. The lowest BCUT2D eigenvalue weighted by Crippen LogP contribution is -2.46. The zero-order valence-corrected chi connectivity index (χ0v) is 11.1. The van der Waals surface area contributed by atoms with E-state index in [1.54, 1.807) is 0 Å². The van der Waals surface area contributed by atoms with E-state index in [1.807, 2.05) is 6.92 Å². The van der Waals surface area contributed by atoms with E-state index in [9.17, 15) is 4.79 Å². The molecule has 0 aromatic rings. The molecule has 0 atom stereocenters. The monoisotopic (exact) mass is 243 g/mol. The second-order valence-electron chi connectivity index (χ2n) is 4.45. The van der Waals surface area contributed by atoms with E-state index in [-0.39, 0.29) is 5.97 Å². The molecule has 1 aliphatic rings. The molecular formula is C12H25N3O2. The van der Waals surface area contributed by atoms with Gasteiger partial charge in [-0.2, -0.15) is 0 Å². The molecule has 1 N–H and O–H groups in total. The number of esters is 1. The predicted octanol–water partition coefficient (Wildman–Crippen LogP) is -0.223. The Morgan fingerprint density at radius 1 is 1.24 bits per heavy atom. The highest BCUT2D eigenvalue weighted by molar-refractivity contribution is 5.69. The normalized spacial score (nSPS) is 18.2. The maximum Gasteiger partial charge on any atom is 0.307 e. The number of nitrogens with one attached hydrogen (secondary N) is 1. The Hall–Kier alpha value is -0.650. The summed E-state index contributed by atoms with van der Waals surface area (Å²) < 4.78 is 4.86. The second-order valence-corrected chi connectivity index (χ2v) is 4.45. The molecule has 100 valence electrons. The summed E-state index contributed by atoms with van der Waals surface area (Å²) in [6.07, 6.45) is 0.469. The standard InChI is InChI=1S/C12H25N3O2/c1-3-17-12(16)4-5-13-6-7-15-10-8-14(2)9-11-15/h13H,3-11H2,1-2H3. The van der Waals surface area contributed by atoms with E-state index in [4.69, 9.17) is 4.74 Å². The highest BCUT2D eigenvalue weighted by Gasteiger charge is 2.12. The lowest BCUT2D eigenvalue weighted by Gasteiger charge is -2.32. The van der Waals surface area contributed by atoms with Gasteiger partial charge in [-0.1, -0.05) is 0 Å². The van der Waals surface area contributed by atoms with Crippen molar-refractivity contribution in [2.45, 2.75) is 13.3 Å². The lowest BCUT2D eigenvalue weighted by molar-refractivity contribution is -0.142. The molecule has 5 nitrogen and oxygen atoms in total. The van der Waals surface area contributed by atoms with E-state index in [0.717, 1.165) is 39.3 Å². The van der Waals surface area contributed by atoms with Crippen molar-refractivity contribution in [3.63, 3.8) is 0 Å². The molecular weight excluding hydrogens is 218 g/mol. The molecule has 1 rings (SSSR count). The van der Waals surface area contributed by atoms with Crippen LogP contribution in [0.5, 0.6) is 0 Å². The molecule has 0 aromatic carbocycles. The minimum Gasteiger partial charge on any atom is -0.466 e. The highest BCUT2D eigenvalue weighted by atomic mass is 16.5. The third-order valence-corrected chi connectivity index (χ3v) is 3.01. The van der Waals surface area contributed by atoms with Gasteiger partial charge in [0.15, 0.2) is 0 Å².